The van der Waals surface area contributed by atoms with Crippen LogP contribution in [0.1, 0.15) is 6.92 Å². The van der Waals surface area contributed by atoms with E-state index in [2.05, 4.69) is 15.6 Å². The Labute approximate surface area is 163 Å². The molecule has 1 N–H and O–H groups in total. The number of anilines is 1. The van der Waals surface area contributed by atoms with Crippen molar-refractivity contribution in [2.45, 2.75) is 13.5 Å². The molecule has 0 radical (unpaired) electrons. The highest BCUT2D eigenvalue weighted by atomic mass is 16.5. The van der Waals surface area contributed by atoms with E-state index in [0.717, 1.165) is 5.56 Å². The summed E-state index contributed by atoms with van der Waals surface area (Å²) in [5, 5.41) is 11.0. The van der Waals surface area contributed by atoms with E-state index in [4.69, 9.17) is 14.2 Å². The van der Waals surface area contributed by atoms with Gasteiger partial charge in [-0.2, -0.15) is 0 Å². The Kier molecular flexibility index (Phi) is 6.11. The lowest BCUT2D eigenvalue weighted by molar-refractivity contribution is -0.116. The second kappa shape index (κ2) is 8.90. The number of nitrogens with one attached hydrogen (secondary N) is 1. The molecule has 0 aliphatic carbocycles. The Bertz CT molecular complexity index is 955. The maximum Gasteiger partial charge on any atom is 0.246 e. The van der Waals surface area contributed by atoms with Crippen molar-refractivity contribution in [1.29, 1.82) is 0 Å². The number of para-hydroxylation sites is 2. The van der Waals surface area contributed by atoms with Crippen LogP contribution in [-0.4, -0.2) is 41.7 Å². The van der Waals surface area contributed by atoms with Crippen LogP contribution in [0.15, 0.2) is 48.7 Å². The number of carbonyl (C=O) groups excluding carboxylic acids is 1. The van der Waals surface area contributed by atoms with E-state index in [1.165, 1.54) is 4.68 Å². The van der Waals surface area contributed by atoms with Crippen LogP contribution in [0.2, 0.25) is 0 Å². The number of hydrogen-bond acceptors (Lipinski definition) is 6. The van der Waals surface area contributed by atoms with Crippen molar-refractivity contribution in [3.05, 3.63) is 48.7 Å². The smallest absolute Gasteiger partial charge is 0.246 e. The quantitative estimate of drug-likeness (QED) is 0.644. The summed E-state index contributed by atoms with van der Waals surface area (Å²) < 4.78 is 17.5. The monoisotopic (exact) mass is 382 g/mol. The maximum absolute atomic E-state index is 12.4. The third-order valence-electron chi connectivity index (χ3n) is 3.98. The first kappa shape index (κ1) is 19.2. The Balaban J connectivity index is 1.70. The lowest BCUT2D eigenvalue weighted by atomic mass is 10.1. The topological polar surface area (TPSA) is 87.5 Å². The van der Waals surface area contributed by atoms with E-state index >= 15 is 0 Å². The van der Waals surface area contributed by atoms with Gasteiger partial charge in [0.25, 0.3) is 0 Å². The molecule has 0 spiro atoms. The predicted molar refractivity (Wildman–Crippen MR) is 105 cm³/mol. The molecule has 0 aliphatic rings. The molecule has 1 amide bonds. The van der Waals surface area contributed by atoms with Crippen molar-refractivity contribution in [1.82, 2.24) is 15.0 Å². The van der Waals surface area contributed by atoms with Gasteiger partial charge in [-0.25, -0.2) is 4.68 Å². The minimum atomic E-state index is -0.226. The van der Waals surface area contributed by atoms with Gasteiger partial charge in [-0.05, 0) is 37.3 Å². The third-order valence-corrected chi connectivity index (χ3v) is 3.98. The van der Waals surface area contributed by atoms with Gasteiger partial charge in [0.05, 0.1) is 32.7 Å². The maximum atomic E-state index is 12.4. The summed E-state index contributed by atoms with van der Waals surface area (Å²) in [6, 6.07) is 12.8. The van der Waals surface area contributed by atoms with Crippen LogP contribution in [0.5, 0.6) is 17.2 Å². The van der Waals surface area contributed by atoms with Crippen LogP contribution < -0.4 is 19.5 Å². The molecule has 28 heavy (non-hydrogen) atoms. The second-order valence-electron chi connectivity index (χ2n) is 5.85. The van der Waals surface area contributed by atoms with E-state index in [1.54, 1.807) is 32.5 Å². The Morgan fingerprint density at radius 3 is 2.61 bits per heavy atom. The molecule has 1 heterocycles. The third kappa shape index (κ3) is 4.40. The number of benzene rings is 2. The molecule has 3 aromatic rings. The minimum Gasteiger partial charge on any atom is -0.493 e. The fourth-order valence-electron chi connectivity index (χ4n) is 2.69. The largest absolute Gasteiger partial charge is 0.493 e. The van der Waals surface area contributed by atoms with Gasteiger partial charge < -0.3 is 19.5 Å². The number of amides is 1. The standard InChI is InChI=1S/C20H22N4O4/c1-4-28-17-8-6-5-7-15(17)21-20(25)13-24-12-16(22-23-24)14-9-10-18(26-2)19(11-14)27-3/h5-12H,4,13H2,1-3H3,(H,21,25). The first-order chi connectivity index (χ1) is 13.6. The van der Waals surface area contributed by atoms with Crippen molar-refractivity contribution < 1.29 is 19.0 Å². The Hall–Kier alpha value is -3.55. The average Bonchev–Trinajstić information content (AvgIpc) is 3.17. The Morgan fingerprint density at radius 2 is 1.86 bits per heavy atom. The summed E-state index contributed by atoms with van der Waals surface area (Å²) in [7, 11) is 3.15. The molecule has 0 saturated carbocycles. The normalized spacial score (nSPS) is 10.4. The lowest BCUT2D eigenvalue weighted by Gasteiger charge is -2.11. The van der Waals surface area contributed by atoms with E-state index in [0.29, 0.717) is 35.2 Å². The van der Waals surface area contributed by atoms with Gasteiger partial charge in [0.1, 0.15) is 18.0 Å². The number of carbonyl (C=O) groups is 1. The zero-order valence-electron chi connectivity index (χ0n) is 16.0. The van der Waals surface area contributed by atoms with Gasteiger partial charge in [-0.1, -0.05) is 17.3 Å². The summed E-state index contributed by atoms with van der Waals surface area (Å²) in [6.07, 6.45) is 1.70. The number of hydrogen-bond donors (Lipinski definition) is 1. The molecular weight excluding hydrogens is 360 g/mol. The van der Waals surface area contributed by atoms with Crippen LogP contribution in [0, 0.1) is 0 Å². The first-order valence-electron chi connectivity index (χ1n) is 8.78. The number of ether oxygens (including phenoxy) is 3. The van der Waals surface area contributed by atoms with Crippen molar-refractivity contribution >= 4 is 11.6 Å². The van der Waals surface area contributed by atoms with Crippen molar-refractivity contribution in [3.63, 3.8) is 0 Å². The highest BCUT2D eigenvalue weighted by molar-refractivity contribution is 5.92. The first-order valence-corrected chi connectivity index (χ1v) is 8.78. The summed E-state index contributed by atoms with van der Waals surface area (Å²) >= 11 is 0. The van der Waals surface area contributed by atoms with E-state index in [1.807, 2.05) is 37.3 Å². The molecule has 3 rings (SSSR count). The van der Waals surface area contributed by atoms with Gasteiger partial charge in [-0.3, -0.25) is 4.79 Å². The van der Waals surface area contributed by atoms with Gasteiger partial charge >= 0.3 is 0 Å². The van der Waals surface area contributed by atoms with Crippen molar-refractivity contribution in [2.75, 3.05) is 26.1 Å². The van der Waals surface area contributed by atoms with E-state index in [9.17, 15) is 4.79 Å². The predicted octanol–water partition coefficient (Wildman–Crippen LogP) is 3.00. The highest BCUT2D eigenvalue weighted by Crippen LogP contribution is 2.31. The number of rotatable bonds is 8. The number of aromatic nitrogens is 3. The molecule has 0 fully saturated rings. The van der Waals surface area contributed by atoms with Gasteiger partial charge in [-0.15, -0.1) is 5.10 Å². The lowest BCUT2D eigenvalue weighted by Crippen LogP contribution is -2.19. The molecule has 8 nitrogen and oxygen atoms in total. The van der Waals surface area contributed by atoms with Crippen molar-refractivity contribution in [3.8, 4) is 28.5 Å². The van der Waals surface area contributed by atoms with E-state index < -0.39 is 0 Å². The van der Waals surface area contributed by atoms with Gasteiger partial charge in [0.15, 0.2) is 11.5 Å². The zero-order chi connectivity index (χ0) is 19.9. The SMILES string of the molecule is CCOc1ccccc1NC(=O)Cn1cc(-c2ccc(OC)c(OC)c2)nn1. The summed E-state index contributed by atoms with van der Waals surface area (Å²) in [5.41, 5.74) is 2.06. The second-order valence-corrected chi connectivity index (χ2v) is 5.85. The summed E-state index contributed by atoms with van der Waals surface area (Å²) in [6.45, 7) is 2.44. The minimum absolute atomic E-state index is 0.0285. The van der Waals surface area contributed by atoms with Gasteiger partial charge in [0, 0.05) is 5.56 Å². The molecule has 8 heteroatoms. The average molecular weight is 382 g/mol. The highest BCUT2D eigenvalue weighted by Gasteiger charge is 2.12. The fourth-order valence-corrected chi connectivity index (χ4v) is 2.69. The summed E-state index contributed by atoms with van der Waals surface area (Å²) in [4.78, 5) is 12.4. The van der Waals surface area contributed by atoms with Gasteiger partial charge in [0.2, 0.25) is 5.91 Å². The number of nitrogens with zero attached hydrogens (tertiary/aromatic N) is 3. The van der Waals surface area contributed by atoms with Crippen LogP contribution in [0.3, 0.4) is 0 Å². The molecule has 0 unspecified atom stereocenters. The Morgan fingerprint density at radius 1 is 1.07 bits per heavy atom. The number of methoxy groups -OCH3 is 2. The van der Waals surface area contributed by atoms with Crippen LogP contribution in [0.4, 0.5) is 5.69 Å². The van der Waals surface area contributed by atoms with Crippen LogP contribution >= 0.6 is 0 Å². The molecule has 0 atom stereocenters. The van der Waals surface area contributed by atoms with Crippen LogP contribution in [-0.2, 0) is 11.3 Å². The molecular formula is C20H22N4O4. The fraction of sp³-hybridized carbons (Fsp3) is 0.250. The van der Waals surface area contributed by atoms with Crippen molar-refractivity contribution in [2.24, 2.45) is 0 Å². The molecule has 0 aliphatic heterocycles. The van der Waals surface area contributed by atoms with Crippen LogP contribution in [0.25, 0.3) is 11.3 Å². The molecule has 1 aromatic heterocycles. The zero-order valence-corrected chi connectivity index (χ0v) is 16.0. The molecule has 0 bridgehead atoms. The molecule has 0 saturated heterocycles. The molecule has 146 valence electrons. The summed E-state index contributed by atoms with van der Waals surface area (Å²) in [5.74, 6) is 1.63. The molecule has 2 aromatic carbocycles. The van der Waals surface area contributed by atoms with E-state index in [-0.39, 0.29) is 12.5 Å².